The second kappa shape index (κ2) is 14.9. The maximum absolute atomic E-state index is 10.9. The predicted molar refractivity (Wildman–Crippen MR) is 147 cm³/mol. The van der Waals surface area contributed by atoms with Crippen molar-refractivity contribution in [1.82, 2.24) is 0 Å². The Kier molecular flexibility index (Phi) is 11.5. The molecule has 0 aromatic heterocycles. The highest BCUT2D eigenvalue weighted by Gasteiger charge is 2.53. The van der Waals surface area contributed by atoms with E-state index in [0.717, 1.165) is 30.4 Å². The molecule has 2 aromatic rings. The van der Waals surface area contributed by atoms with E-state index in [4.69, 9.17) is 18.9 Å². The van der Waals surface area contributed by atoms with Crippen LogP contribution in [0.4, 0.5) is 0 Å². The van der Waals surface area contributed by atoms with Crippen LogP contribution in [0.5, 0.6) is 11.5 Å². The van der Waals surface area contributed by atoms with Crippen LogP contribution in [0.2, 0.25) is 0 Å². The molecule has 0 amide bonds. The molecule has 12 heteroatoms. The average molecular weight is 595 g/mol. The van der Waals surface area contributed by atoms with E-state index >= 15 is 0 Å². The van der Waals surface area contributed by atoms with E-state index in [1.54, 1.807) is 24.3 Å². The molecular formula is C30H42O12. The van der Waals surface area contributed by atoms with Crippen LogP contribution in [0.1, 0.15) is 36.8 Å². The Morgan fingerprint density at radius 1 is 0.810 bits per heavy atom. The maximum atomic E-state index is 10.9. The summed E-state index contributed by atoms with van der Waals surface area (Å²) >= 11 is 0. The van der Waals surface area contributed by atoms with Crippen molar-refractivity contribution in [3.05, 3.63) is 59.7 Å². The van der Waals surface area contributed by atoms with E-state index in [2.05, 4.69) is 0 Å². The molecule has 4 rings (SSSR count). The van der Waals surface area contributed by atoms with Crippen LogP contribution in [0.3, 0.4) is 0 Å². The van der Waals surface area contributed by atoms with Crippen LogP contribution in [0, 0.1) is 0 Å². The molecule has 2 fully saturated rings. The molecule has 0 spiro atoms. The number of aliphatic hydroxyl groups excluding tert-OH is 5. The Morgan fingerprint density at radius 2 is 1.43 bits per heavy atom. The van der Waals surface area contributed by atoms with Crippen LogP contribution >= 0.6 is 0 Å². The van der Waals surface area contributed by atoms with Crippen molar-refractivity contribution in [2.45, 2.75) is 93.3 Å². The number of rotatable bonds is 14. The first kappa shape index (κ1) is 32.6. The Balaban J connectivity index is 1.46. The van der Waals surface area contributed by atoms with Gasteiger partial charge in [0.25, 0.3) is 0 Å². The lowest BCUT2D eigenvalue weighted by molar-refractivity contribution is -0.344. The standard InChI is InChI=1S/C30H42O12/c31-15-23-24(35)25(36)26(42-29-27(37)30(38,16-32)17-39-29)28(41-23)40-22(14-9-19-7-12-21(34)13-8-19)4-2-1-3-18-5-10-20(33)11-6-18/h5-8,10-13,22-29,31-38H,1-4,9,14-17H2/t22-,23+,24+,25-,26+,27-,28-,29+,30+/m0/s1. The average Bonchev–Trinajstić information content (AvgIpc) is 3.28. The van der Waals surface area contributed by atoms with Gasteiger partial charge < -0.3 is 59.8 Å². The van der Waals surface area contributed by atoms with Gasteiger partial charge in [-0.1, -0.05) is 30.7 Å². The first-order valence-corrected chi connectivity index (χ1v) is 14.3. The molecular weight excluding hydrogens is 552 g/mol. The lowest BCUT2D eigenvalue weighted by Crippen LogP contribution is -2.62. The Bertz CT molecular complexity index is 1080. The molecule has 234 valence electrons. The minimum absolute atomic E-state index is 0.156. The van der Waals surface area contributed by atoms with E-state index in [9.17, 15) is 40.9 Å². The minimum atomic E-state index is -1.96. The second-order valence-corrected chi connectivity index (χ2v) is 11.1. The van der Waals surface area contributed by atoms with Crippen LogP contribution in [0.25, 0.3) is 0 Å². The molecule has 0 radical (unpaired) electrons. The van der Waals surface area contributed by atoms with Crippen molar-refractivity contribution in [3.8, 4) is 11.5 Å². The molecule has 12 nitrogen and oxygen atoms in total. The topological polar surface area (TPSA) is 199 Å². The van der Waals surface area contributed by atoms with Gasteiger partial charge >= 0.3 is 0 Å². The summed E-state index contributed by atoms with van der Waals surface area (Å²) in [5.74, 6) is 0.360. The number of unbranched alkanes of at least 4 members (excludes halogenated alkanes) is 1. The van der Waals surface area contributed by atoms with E-state index < -0.39 is 74.6 Å². The fourth-order valence-corrected chi connectivity index (χ4v) is 5.20. The summed E-state index contributed by atoms with van der Waals surface area (Å²) in [7, 11) is 0. The van der Waals surface area contributed by atoms with Crippen LogP contribution < -0.4 is 0 Å². The summed E-state index contributed by atoms with van der Waals surface area (Å²) in [6.45, 7) is -1.79. The number of phenolic OH excluding ortho intramolecular Hbond substituents is 2. The maximum Gasteiger partial charge on any atom is 0.187 e. The Hall–Kier alpha value is -2.36. The fourth-order valence-electron chi connectivity index (χ4n) is 5.20. The highest BCUT2D eigenvalue weighted by Crippen LogP contribution is 2.32. The van der Waals surface area contributed by atoms with Gasteiger partial charge in [0, 0.05) is 0 Å². The third-order valence-electron chi connectivity index (χ3n) is 7.89. The molecule has 42 heavy (non-hydrogen) atoms. The van der Waals surface area contributed by atoms with Gasteiger partial charge in [0.15, 0.2) is 12.6 Å². The summed E-state index contributed by atoms with van der Waals surface area (Å²) < 4.78 is 23.3. The predicted octanol–water partition coefficient (Wildman–Crippen LogP) is 0.0934. The van der Waals surface area contributed by atoms with Crippen LogP contribution in [0.15, 0.2) is 48.5 Å². The van der Waals surface area contributed by atoms with Gasteiger partial charge in [-0.15, -0.1) is 0 Å². The molecule has 0 saturated carbocycles. The van der Waals surface area contributed by atoms with Gasteiger partial charge in [0.05, 0.1) is 25.9 Å². The first-order chi connectivity index (χ1) is 20.1. The quantitative estimate of drug-likeness (QED) is 0.137. The lowest BCUT2D eigenvalue weighted by atomic mass is 9.97. The summed E-state index contributed by atoms with van der Waals surface area (Å²) in [6.07, 6.45) is -6.32. The highest BCUT2D eigenvalue weighted by molar-refractivity contribution is 5.26. The Morgan fingerprint density at radius 3 is 2.00 bits per heavy atom. The number of phenols is 2. The first-order valence-electron chi connectivity index (χ1n) is 14.3. The minimum Gasteiger partial charge on any atom is -0.508 e. The van der Waals surface area contributed by atoms with E-state index in [-0.39, 0.29) is 11.5 Å². The van der Waals surface area contributed by atoms with E-state index in [1.807, 2.05) is 24.3 Å². The van der Waals surface area contributed by atoms with Crippen molar-refractivity contribution in [2.75, 3.05) is 19.8 Å². The Labute approximate surface area is 244 Å². The normalized spacial score (nSPS) is 32.2. The summed E-state index contributed by atoms with van der Waals surface area (Å²) in [5.41, 5.74) is 0.0920. The van der Waals surface area contributed by atoms with Crippen molar-refractivity contribution in [3.63, 3.8) is 0 Å². The van der Waals surface area contributed by atoms with Crippen LogP contribution in [-0.4, -0.2) is 115 Å². The second-order valence-electron chi connectivity index (χ2n) is 11.1. The highest BCUT2D eigenvalue weighted by atomic mass is 16.8. The SMILES string of the molecule is OC[C@H]1O[C@H](O[C@@H](CCCCc2ccc(O)cc2)CCc2ccc(O)cc2)[C@H](O[C@H]2OC[C@](O)(CO)[C@H]2O)[C@@H](O)[C@@H]1O. The smallest absolute Gasteiger partial charge is 0.187 e. The largest absolute Gasteiger partial charge is 0.508 e. The van der Waals surface area contributed by atoms with Gasteiger partial charge in [0.2, 0.25) is 0 Å². The van der Waals surface area contributed by atoms with Gasteiger partial charge in [-0.05, 0) is 67.5 Å². The van der Waals surface area contributed by atoms with Gasteiger partial charge in [-0.25, -0.2) is 0 Å². The van der Waals surface area contributed by atoms with Crippen molar-refractivity contribution < 1.29 is 59.8 Å². The lowest BCUT2D eigenvalue weighted by Gasteiger charge is -2.43. The number of hydrogen-bond donors (Lipinski definition) is 8. The summed E-state index contributed by atoms with van der Waals surface area (Å²) in [4.78, 5) is 0. The molecule has 0 unspecified atom stereocenters. The molecule has 2 heterocycles. The van der Waals surface area contributed by atoms with Gasteiger partial charge in [-0.2, -0.15) is 0 Å². The van der Waals surface area contributed by atoms with Crippen molar-refractivity contribution >= 4 is 0 Å². The van der Waals surface area contributed by atoms with Gasteiger partial charge in [-0.3, -0.25) is 0 Å². The molecule has 2 aliphatic heterocycles. The fraction of sp³-hybridized carbons (Fsp3) is 0.600. The number of benzene rings is 2. The molecule has 2 saturated heterocycles. The third kappa shape index (κ3) is 8.17. The number of aliphatic hydroxyl groups is 6. The molecule has 2 aliphatic rings. The summed E-state index contributed by atoms with van der Waals surface area (Å²) in [6, 6.07) is 13.8. The van der Waals surface area contributed by atoms with E-state index in [0.29, 0.717) is 19.3 Å². The van der Waals surface area contributed by atoms with Crippen molar-refractivity contribution in [2.24, 2.45) is 0 Å². The molecule has 8 N–H and O–H groups in total. The van der Waals surface area contributed by atoms with E-state index in [1.165, 1.54) is 0 Å². The zero-order chi connectivity index (χ0) is 30.3. The molecule has 0 aliphatic carbocycles. The molecule has 0 bridgehead atoms. The van der Waals surface area contributed by atoms with Gasteiger partial charge in [0.1, 0.15) is 47.6 Å². The molecule has 9 atom stereocenters. The molecule has 2 aromatic carbocycles. The third-order valence-corrected chi connectivity index (χ3v) is 7.89. The monoisotopic (exact) mass is 594 g/mol. The zero-order valence-corrected chi connectivity index (χ0v) is 23.3. The number of aryl methyl sites for hydroxylation is 2. The number of ether oxygens (including phenoxy) is 4. The zero-order valence-electron chi connectivity index (χ0n) is 23.3. The summed E-state index contributed by atoms with van der Waals surface area (Å²) in [5, 5.41) is 80.6. The van der Waals surface area contributed by atoms with Crippen molar-refractivity contribution in [1.29, 1.82) is 0 Å². The number of aromatic hydroxyl groups is 2. The number of hydrogen-bond acceptors (Lipinski definition) is 12. The van der Waals surface area contributed by atoms with Crippen LogP contribution in [-0.2, 0) is 31.8 Å².